The molecule has 0 aromatic heterocycles. The van der Waals surface area contributed by atoms with E-state index in [2.05, 4.69) is 13.8 Å². The third-order valence-corrected chi connectivity index (χ3v) is 3.09. The summed E-state index contributed by atoms with van der Waals surface area (Å²) in [6, 6.07) is 0.123. The Balaban J connectivity index is 2.73. The van der Waals surface area contributed by atoms with Crippen molar-refractivity contribution < 1.29 is 9.53 Å². The number of nitrogens with two attached hydrogens (primary N) is 1. The molecule has 100 valence electrons. The maximum Gasteiger partial charge on any atom is 0.410 e. The minimum atomic E-state index is -0.447. The molecular formula is C13H26N2O2. The predicted octanol–water partition coefficient (Wildman–Crippen LogP) is 2.37. The average molecular weight is 242 g/mol. The maximum atomic E-state index is 12.1. The summed E-state index contributed by atoms with van der Waals surface area (Å²) in [5.41, 5.74) is 5.44. The van der Waals surface area contributed by atoms with Crippen LogP contribution in [0, 0.1) is 5.41 Å². The van der Waals surface area contributed by atoms with Crippen LogP contribution in [0.15, 0.2) is 0 Å². The van der Waals surface area contributed by atoms with Crippen LogP contribution in [0.3, 0.4) is 0 Å². The van der Waals surface area contributed by atoms with Gasteiger partial charge in [0, 0.05) is 19.1 Å². The summed E-state index contributed by atoms with van der Waals surface area (Å²) in [6.45, 7) is 11.2. The monoisotopic (exact) mass is 242 g/mol. The first-order valence-corrected chi connectivity index (χ1v) is 6.34. The van der Waals surface area contributed by atoms with E-state index in [1.165, 1.54) is 0 Å². The van der Waals surface area contributed by atoms with E-state index in [0.29, 0.717) is 6.54 Å². The molecule has 1 fully saturated rings. The number of hydrogen-bond acceptors (Lipinski definition) is 3. The van der Waals surface area contributed by atoms with E-state index in [4.69, 9.17) is 10.5 Å². The lowest BCUT2D eigenvalue weighted by atomic mass is 9.81. The van der Waals surface area contributed by atoms with E-state index in [1.54, 1.807) is 4.90 Å². The van der Waals surface area contributed by atoms with Crippen molar-refractivity contribution in [3.8, 4) is 0 Å². The lowest BCUT2D eigenvalue weighted by molar-refractivity contribution is -0.00594. The van der Waals surface area contributed by atoms with Crippen LogP contribution in [0.2, 0.25) is 0 Å². The molecule has 0 radical (unpaired) electrons. The lowest BCUT2D eigenvalue weighted by Gasteiger charge is -2.43. The molecule has 0 aromatic carbocycles. The van der Waals surface area contributed by atoms with Gasteiger partial charge in [0.25, 0.3) is 0 Å². The SMILES string of the molecule is CC1(C)CC[C@@H](CN)N(C(=O)OC(C)(C)C)C1. The molecule has 1 rings (SSSR count). The highest BCUT2D eigenvalue weighted by atomic mass is 16.6. The van der Waals surface area contributed by atoms with Crippen LogP contribution in [0.4, 0.5) is 4.79 Å². The molecular weight excluding hydrogens is 216 g/mol. The second-order valence-electron chi connectivity index (χ2n) is 6.70. The fourth-order valence-corrected chi connectivity index (χ4v) is 2.16. The van der Waals surface area contributed by atoms with E-state index in [1.807, 2.05) is 20.8 Å². The zero-order chi connectivity index (χ0) is 13.3. The van der Waals surface area contributed by atoms with E-state index in [0.717, 1.165) is 19.4 Å². The van der Waals surface area contributed by atoms with Gasteiger partial charge in [-0.3, -0.25) is 0 Å². The van der Waals surface area contributed by atoms with Crippen LogP contribution in [-0.2, 0) is 4.74 Å². The van der Waals surface area contributed by atoms with E-state index in [-0.39, 0.29) is 17.6 Å². The van der Waals surface area contributed by atoms with Crippen molar-refractivity contribution in [2.24, 2.45) is 11.1 Å². The van der Waals surface area contributed by atoms with Gasteiger partial charge in [-0.1, -0.05) is 13.8 Å². The van der Waals surface area contributed by atoms with E-state index in [9.17, 15) is 4.79 Å². The Morgan fingerprint density at radius 2 is 2.06 bits per heavy atom. The molecule has 1 aliphatic heterocycles. The number of amides is 1. The van der Waals surface area contributed by atoms with Crippen molar-refractivity contribution >= 4 is 6.09 Å². The first kappa shape index (κ1) is 14.3. The van der Waals surface area contributed by atoms with Crippen molar-refractivity contribution in [1.29, 1.82) is 0 Å². The van der Waals surface area contributed by atoms with Crippen LogP contribution >= 0.6 is 0 Å². The average Bonchev–Trinajstić information content (AvgIpc) is 2.13. The molecule has 4 nitrogen and oxygen atoms in total. The van der Waals surface area contributed by atoms with Gasteiger partial charge in [-0.05, 0) is 39.0 Å². The molecule has 4 heteroatoms. The molecule has 1 aliphatic rings. The van der Waals surface area contributed by atoms with Crippen molar-refractivity contribution in [2.45, 2.75) is 59.1 Å². The van der Waals surface area contributed by atoms with Gasteiger partial charge in [0.1, 0.15) is 5.60 Å². The Hall–Kier alpha value is -0.770. The highest BCUT2D eigenvalue weighted by Gasteiger charge is 2.36. The van der Waals surface area contributed by atoms with Crippen LogP contribution in [-0.4, -0.2) is 35.7 Å². The molecule has 0 bridgehead atoms. The summed E-state index contributed by atoms with van der Waals surface area (Å²) >= 11 is 0. The smallest absolute Gasteiger partial charge is 0.410 e. The molecule has 0 spiro atoms. The number of rotatable bonds is 1. The molecule has 1 heterocycles. The molecule has 0 saturated carbocycles. The van der Waals surface area contributed by atoms with E-state index >= 15 is 0 Å². The van der Waals surface area contributed by atoms with Crippen LogP contribution in [0.1, 0.15) is 47.5 Å². The Labute approximate surface area is 104 Å². The van der Waals surface area contributed by atoms with Gasteiger partial charge in [-0.25, -0.2) is 4.79 Å². The standard InChI is InChI=1S/C13H26N2O2/c1-12(2,3)17-11(16)15-9-13(4,5)7-6-10(15)8-14/h10H,6-9,14H2,1-5H3/t10-/m0/s1. The molecule has 0 aromatic rings. The zero-order valence-electron chi connectivity index (χ0n) is 11.7. The van der Waals surface area contributed by atoms with Crippen molar-refractivity contribution in [3.05, 3.63) is 0 Å². The minimum absolute atomic E-state index is 0.123. The van der Waals surface area contributed by atoms with E-state index < -0.39 is 5.60 Å². The van der Waals surface area contributed by atoms with Gasteiger partial charge >= 0.3 is 6.09 Å². The number of carbonyl (C=O) groups excluding carboxylic acids is 1. The third kappa shape index (κ3) is 4.19. The fraction of sp³-hybridized carbons (Fsp3) is 0.923. The Bertz CT molecular complexity index is 282. The largest absolute Gasteiger partial charge is 0.444 e. The summed E-state index contributed by atoms with van der Waals surface area (Å²) in [7, 11) is 0. The molecule has 0 unspecified atom stereocenters. The first-order valence-electron chi connectivity index (χ1n) is 6.34. The van der Waals surface area contributed by atoms with Crippen molar-refractivity contribution in [2.75, 3.05) is 13.1 Å². The number of carbonyl (C=O) groups is 1. The molecule has 17 heavy (non-hydrogen) atoms. The fourth-order valence-electron chi connectivity index (χ4n) is 2.16. The molecule has 2 N–H and O–H groups in total. The van der Waals surface area contributed by atoms with Gasteiger partial charge in [0.15, 0.2) is 0 Å². The normalized spacial score (nSPS) is 24.6. The molecule has 1 atom stereocenters. The highest BCUT2D eigenvalue weighted by molar-refractivity contribution is 5.68. The van der Waals surface area contributed by atoms with Gasteiger partial charge < -0.3 is 15.4 Å². The third-order valence-electron chi connectivity index (χ3n) is 3.09. The second kappa shape index (κ2) is 4.84. The van der Waals surface area contributed by atoms with Gasteiger partial charge in [0.2, 0.25) is 0 Å². The summed E-state index contributed by atoms with van der Waals surface area (Å²) in [5, 5.41) is 0. The van der Waals surface area contributed by atoms with Gasteiger partial charge in [-0.2, -0.15) is 0 Å². The van der Waals surface area contributed by atoms with Crippen molar-refractivity contribution in [3.63, 3.8) is 0 Å². The lowest BCUT2D eigenvalue weighted by Crippen LogP contribution is -2.53. The van der Waals surface area contributed by atoms with Crippen LogP contribution < -0.4 is 5.73 Å². The Morgan fingerprint density at radius 3 is 2.53 bits per heavy atom. The summed E-state index contributed by atoms with van der Waals surface area (Å²) in [6.07, 6.45) is 1.83. The topological polar surface area (TPSA) is 55.6 Å². The highest BCUT2D eigenvalue weighted by Crippen LogP contribution is 2.32. The number of ether oxygens (including phenoxy) is 1. The number of piperidine rings is 1. The van der Waals surface area contributed by atoms with Gasteiger partial charge in [0.05, 0.1) is 0 Å². The Morgan fingerprint density at radius 1 is 1.47 bits per heavy atom. The van der Waals surface area contributed by atoms with Crippen molar-refractivity contribution in [1.82, 2.24) is 4.90 Å². The predicted molar refractivity (Wildman–Crippen MR) is 68.8 cm³/mol. The number of likely N-dealkylation sites (tertiary alicyclic amines) is 1. The summed E-state index contributed by atoms with van der Waals surface area (Å²) in [4.78, 5) is 13.9. The number of nitrogens with zero attached hydrogens (tertiary/aromatic N) is 1. The summed E-state index contributed by atoms with van der Waals surface area (Å²) in [5.74, 6) is 0. The second-order valence-corrected chi connectivity index (χ2v) is 6.70. The quantitative estimate of drug-likeness (QED) is 0.768. The zero-order valence-corrected chi connectivity index (χ0v) is 11.7. The maximum absolute atomic E-state index is 12.1. The van der Waals surface area contributed by atoms with Gasteiger partial charge in [-0.15, -0.1) is 0 Å². The first-order chi connectivity index (χ1) is 7.64. The molecule has 1 amide bonds. The van der Waals surface area contributed by atoms with Crippen LogP contribution in [0.5, 0.6) is 0 Å². The minimum Gasteiger partial charge on any atom is -0.444 e. The number of hydrogen-bond donors (Lipinski definition) is 1. The summed E-state index contributed by atoms with van der Waals surface area (Å²) < 4.78 is 5.43. The molecule has 0 aliphatic carbocycles. The molecule has 1 saturated heterocycles. The Kier molecular flexibility index (Phi) is 4.07. The van der Waals surface area contributed by atoms with Crippen LogP contribution in [0.25, 0.3) is 0 Å².